The van der Waals surface area contributed by atoms with Gasteiger partial charge in [-0.15, -0.1) is 0 Å². The molecule has 0 aliphatic heterocycles. The molecule has 0 aromatic heterocycles. The first-order chi connectivity index (χ1) is 6.38. The second-order valence-electron chi connectivity index (χ2n) is 2.59. The predicted molar refractivity (Wildman–Crippen MR) is 48.6 cm³/mol. The number of anilines is 1. The Labute approximate surface area is 86.2 Å². The van der Waals surface area contributed by atoms with E-state index in [1.807, 2.05) is 5.32 Å². The lowest BCUT2D eigenvalue weighted by molar-refractivity contribution is -0.115. The largest absolute Gasteiger partial charge is 0.405 e. The summed E-state index contributed by atoms with van der Waals surface area (Å²) < 4.78 is 48.7. The highest BCUT2D eigenvalue weighted by atomic mass is 79.9. The average Bonchev–Trinajstić information content (AvgIpc) is 2.00. The van der Waals surface area contributed by atoms with E-state index in [1.165, 1.54) is 12.1 Å². The molecule has 0 atom stereocenters. The minimum Gasteiger partial charge on any atom is -0.374 e. The van der Waals surface area contributed by atoms with Crippen molar-refractivity contribution in [1.82, 2.24) is 0 Å². The van der Waals surface area contributed by atoms with Gasteiger partial charge in [0.15, 0.2) is 0 Å². The molecule has 0 aliphatic carbocycles. The van der Waals surface area contributed by atoms with Gasteiger partial charge in [-0.2, -0.15) is 13.2 Å². The number of hydrogen-bond acceptors (Lipinski definition) is 1. The molecular weight excluding hydrogens is 266 g/mol. The van der Waals surface area contributed by atoms with Crippen LogP contribution < -0.4 is 5.32 Å². The topological polar surface area (TPSA) is 12.0 Å². The Morgan fingerprint density at radius 2 is 1.93 bits per heavy atom. The number of halogens is 5. The molecule has 1 N–H and O–H groups in total. The highest BCUT2D eigenvalue weighted by molar-refractivity contribution is 9.10. The molecule has 1 rings (SSSR count). The van der Waals surface area contributed by atoms with Gasteiger partial charge in [0.1, 0.15) is 12.4 Å². The number of rotatable bonds is 2. The van der Waals surface area contributed by atoms with E-state index in [0.29, 0.717) is 4.47 Å². The fraction of sp³-hybridized carbons (Fsp3) is 0.250. The zero-order chi connectivity index (χ0) is 10.8. The number of benzene rings is 1. The van der Waals surface area contributed by atoms with Gasteiger partial charge in [0, 0.05) is 4.47 Å². The van der Waals surface area contributed by atoms with Crippen LogP contribution in [0.4, 0.5) is 23.2 Å². The normalized spacial score (nSPS) is 11.5. The molecule has 6 heteroatoms. The molecular formula is C8H6BrF4N. The smallest absolute Gasteiger partial charge is 0.374 e. The van der Waals surface area contributed by atoms with Crippen LogP contribution >= 0.6 is 15.9 Å². The van der Waals surface area contributed by atoms with Gasteiger partial charge in [-0.3, -0.25) is 0 Å². The van der Waals surface area contributed by atoms with Crippen molar-refractivity contribution in [3.05, 3.63) is 28.5 Å². The molecule has 78 valence electrons. The maximum absolute atomic E-state index is 13.0. The van der Waals surface area contributed by atoms with E-state index in [4.69, 9.17) is 0 Å². The maximum Gasteiger partial charge on any atom is 0.405 e. The van der Waals surface area contributed by atoms with Gasteiger partial charge >= 0.3 is 6.18 Å². The molecule has 0 radical (unpaired) electrons. The van der Waals surface area contributed by atoms with Crippen LogP contribution in [0.1, 0.15) is 0 Å². The van der Waals surface area contributed by atoms with Gasteiger partial charge in [-0.1, -0.05) is 15.9 Å². The quantitative estimate of drug-likeness (QED) is 0.811. The second-order valence-corrected chi connectivity index (χ2v) is 3.51. The molecule has 0 bridgehead atoms. The standard InChI is InChI=1S/C8H6BrF4N/c9-5-1-2-7(6(10)3-5)14-4-8(11,12)13/h1-3,14H,4H2. The van der Waals surface area contributed by atoms with Crippen molar-refractivity contribution in [3.63, 3.8) is 0 Å². The first kappa shape index (κ1) is 11.3. The highest BCUT2D eigenvalue weighted by Gasteiger charge is 2.26. The van der Waals surface area contributed by atoms with Gasteiger partial charge in [-0.05, 0) is 18.2 Å². The Morgan fingerprint density at radius 1 is 1.29 bits per heavy atom. The summed E-state index contributed by atoms with van der Waals surface area (Å²) in [5.41, 5.74) is -0.162. The summed E-state index contributed by atoms with van der Waals surface area (Å²) in [6, 6.07) is 3.80. The van der Waals surface area contributed by atoms with Crippen LogP contribution in [0.2, 0.25) is 0 Å². The van der Waals surface area contributed by atoms with Crippen LogP contribution in [0.3, 0.4) is 0 Å². The zero-order valence-corrected chi connectivity index (χ0v) is 8.41. The third-order valence-corrected chi connectivity index (χ3v) is 1.90. The number of alkyl halides is 3. The van der Waals surface area contributed by atoms with Crippen LogP contribution in [0.5, 0.6) is 0 Å². The van der Waals surface area contributed by atoms with E-state index in [0.717, 1.165) is 6.07 Å². The average molecular weight is 272 g/mol. The molecule has 0 aliphatic rings. The van der Waals surface area contributed by atoms with E-state index in [9.17, 15) is 17.6 Å². The van der Waals surface area contributed by atoms with Gasteiger partial charge < -0.3 is 5.32 Å². The zero-order valence-electron chi connectivity index (χ0n) is 6.83. The van der Waals surface area contributed by atoms with E-state index in [2.05, 4.69) is 15.9 Å². The summed E-state index contributed by atoms with van der Waals surface area (Å²) in [6.45, 7) is -1.24. The lowest BCUT2D eigenvalue weighted by atomic mass is 10.3. The number of nitrogens with one attached hydrogen (secondary N) is 1. The van der Waals surface area contributed by atoms with Crippen LogP contribution in [-0.4, -0.2) is 12.7 Å². The molecule has 1 aromatic rings. The van der Waals surface area contributed by atoms with E-state index < -0.39 is 18.5 Å². The Hall–Kier alpha value is -0.780. The Balaban J connectivity index is 2.68. The summed E-state index contributed by atoms with van der Waals surface area (Å²) in [6.07, 6.45) is -4.35. The molecule has 0 saturated heterocycles. The van der Waals surface area contributed by atoms with Crippen molar-refractivity contribution < 1.29 is 17.6 Å². The van der Waals surface area contributed by atoms with Crippen LogP contribution in [0.15, 0.2) is 22.7 Å². The van der Waals surface area contributed by atoms with Gasteiger partial charge in [0.2, 0.25) is 0 Å². The van der Waals surface area contributed by atoms with Gasteiger partial charge in [-0.25, -0.2) is 4.39 Å². The third-order valence-electron chi connectivity index (χ3n) is 1.41. The molecule has 0 amide bonds. The summed E-state index contributed by atoms with van der Waals surface area (Å²) in [7, 11) is 0. The Morgan fingerprint density at radius 3 is 2.43 bits per heavy atom. The molecule has 0 heterocycles. The first-order valence-electron chi connectivity index (χ1n) is 3.64. The van der Waals surface area contributed by atoms with Gasteiger partial charge in [0.25, 0.3) is 0 Å². The monoisotopic (exact) mass is 271 g/mol. The lowest BCUT2D eigenvalue weighted by Gasteiger charge is -2.10. The predicted octanol–water partition coefficient (Wildman–Crippen LogP) is 3.56. The number of hydrogen-bond donors (Lipinski definition) is 1. The summed E-state index contributed by atoms with van der Waals surface area (Å²) in [5.74, 6) is -0.719. The van der Waals surface area contributed by atoms with Crippen LogP contribution in [0, 0.1) is 5.82 Å². The SMILES string of the molecule is Fc1cc(Br)ccc1NCC(F)(F)F. The molecule has 0 spiro atoms. The fourth-order valence-electron chi connectivity index (χ4n) is 0.828. The molecule has 0 saturated carbocycles. The summed E-state index contributed by atoms with van der Waals surface area (Å²) in [5, 5.41) is 1.96. The van der Waals surface area contributed by atoms with E-state index in [-0.39, 0.29) is 5.69 Å². The maximum atomic E-state index is 13.0. The van der Waals surface area contributed by atoms with Crippen molar-refractivity contribution in [3.8, 4) is 0 Å². The summed E-state index contributed by atoms with van der Waals surface area (Å²) >= 11 is 3.00. The van der Waals surface area contributed by atoms with Crippen LogP contribution in [0.25, 0.3) is 0 Å². The van der Waals surface area contributed by atoms with Crippen LogP contribution in [-0.2, 0) is 0 Å². The molecule has 1 nitrogen and oxygen atoms in total. The minimum atomic E-state index is -4.35. The van der Waals surface area contributed by atoms with E-state index >= 15 is 0 Å². The Kier molecular flexibility index (Phi) is 3.36. The second kappa shape index (κ2) is 4.16. The third kappa shape index (κ3) is 3.53. The minimum absolute atomic E-state index is 0.162. The van der Waals surface area contributed by atoms with Crippen molar-refractivity contribution in [1.29, 1.82) is 0 Å². The fourth-order valence-corrected chi connectivity index (χ4v) is 1.16. The van der Waals surface area contributed by atoms with Crippen molar-refractivity contribution in [2.24, 2.45) is 0 Å². The molecule has 14 heavy (non-hydrogen) atoms. The van der Waals surface area contributed by atoms with Crippen molar-refractivity contribution in [2.45, 2.75) is 6.18 Å². The van der Waals surface area contributed by atoms with E-state index in [1.54, 1.807) is 0 Å². The molecule has 0 unspecified atom stereocenters. The summed E-state index contributed by atoms with van der Waals surface area (Å²) in [4.78, 5) is 0. The Bertz CT molecular complexity index is 324. The highest BCUT2D eigenvalue weighted by Crippen LogP contribution is 2.21. The molecule has 0 fully saturated rings. The van der Waals surface area contributed by atoms with Gasteiger partial charge in [0.05, 0.1) is 5.69 Å². The molecule has 1 aromatic carbocycles. The first-order valence-corrected chi connectivity index (χ1v) is 4.43. The van der Waals surface area contributed by atoms with Crippen molar-refractivity contribution in [2.75, 3.05) is 11.9 Å². The lowest BCUT2D eigenvalue weighted by Crippen LogP contribution is -2.21. The van der Waals surface area contributed by atoms with Crippen molar-refractivity contribution >= 4 is 21.6 Å².